The third-order valence-corrected chi connectivity index (χ3v) is 0.771. The lowest BCUT2D eigenvalue weighted by Crippen LogP contribution is -1.95. The summed E-state index contributed by atoms with van der Waals surface area (Å²) in [4.78, 5) is 0. The minimum atomic E-state index is -0.260. The summed E-state index contributed by atoms with van der Waals surface area (Å²) in [5, 5.41) is 0. The van der Waals surface area contributed by atoms with Crippen molar-refractivity contribution in [3.8, 4) is 0 Å². The van der Waals surface area contributed by atoms with Gasteiger partial charge in [0.25, 0.3) is 0 Å². The molecule has 0 aliphatic carbocycles. The summed E-state index contributed by atoms with van der Waals surface area (Å²) in [6, 6.07) is 0. The molecule has 0 amide bonds. The Hall–Kier alpha value is -0.180. The molecule has 0 unspecified atom stereocenters. The fourth-order valence-corrected chi connectivity index (χ4v) is 0.403. The monoisotopic (exact) mass is 218 g/mol. The van der Waals surface area contributed by atoms with Crippen LogP contribution in [0.3, 0.4) is 0 Å². The van der Waals surface area contributed by atoms with Crippen LogP contribution in [0, 0.1) is 0 Å². The van der Waals surface area contributed by atoms with Gasteiger partial charge >= 0.3 is 0 Å². The number of ether oxygens (including phenoxy) is 1. The molecule has 0 saturated carbocycles. The predicted molar refractivity (Wildman–Crippen MR) is 65.7 cm³/mol. The SMILES string of the molecule is C.C.C.C.CCCOCCCF.CF. The van der Waals surface area contributed by atoms with Crippen molar-refractivity contribution in [3.63, 3.8) is 0 Å². The molecule has 0 heterocycles. The summed E-state index contributed by atoms with van der Waals surface area (Å²) < 4.78 is 25.8. The second-order valence-electron chi connectivity index (χ2n) is 1.65. The number of halogens is 2. The first kappa shape index (κ1) is 37.1. The summed E-state index contributed by atoms with van der Waals surface area (Å²) in [6.07, 6.45) is 1.56. The van der Waals surface area contributed by atoms with E-state index >= 15 is 0 Å². The molecule has 1 nitrogen and oxygen atoms in total. The molecular weight excluding hydrogens is 186 g/mol. The molecular formula is C11H32F2O. The lowest BCUT2D eigenvalue weighted by atomic mass is 10.5. The Morgan fingerprint density at radius 2 is 1.36 bits per heavy atom. The van der Waals surface area contributed by atoms with Crippen LogP contribution in [-0.2, 0) is 4.74 Å². The van der Waals surface area contributed by atoms with Crippen LogP contribution in [0.15, 0.2) is 0 Å². The molecule has 0 spiro atoms. The van der Waals surface area contributed by atoms with E-state index in [0.29, 0.717) is 20.2 Å². The molecule has 0 N–H and O–H groups in total. The van der Waals surface area contributed by atoms with E-state index < -0.39 is 0 Å². The number of alkyl halides is 2. The molecule has 0 aliphatic rings. The van der Waals surface area contributed by atoms with Gasteiger partial charge in [-0.1, -0.05) is 36.6 Å². The smallest absolute Gasteiger partial charge is 0.0916 e. The van der Waals surface area contributed by atoms with Crippen molar-refractivity contribution < 1.29 is 13.5 Å². The summed E-state index contributed by atoms with van der Waals surface area (Å²) in [6.45, 7) is 3.11. The van der Waals surface area contributed by atoms with Crippen LogP contribution in [0.25, 0.3) is 0 Å². The zero-order valence-electron chi connectivity index (χ0n) is 6.70. The molecule has 0 radical (unpaired) electrons. The van der Waals surface area contributed by atoms with Crippen molar-refractivity contribution in [1.29, 1.82) is 0 Å². The summed E-state index contributed by atoms with van der Waals surface area (Å²) >= 11 is 0. The number of rotatable bonds is 5. The van der Waals surface area contributed by atoms with Crippen LogP contribution >= 0.6 is 0 Å². The average molecular weight is 218 g/mol. The Kier molecular flexibility index (Phi) is 140. The maximum Gasteiger partial charge on any atom is 0.0916 e. The Labute approximate surface area is 90.9 Å². The van der Waals surface area contributed by atoms with Gasteiger partial charge in [-0.05, 0) is 12.8 Å². The average Bonchev–Trinajstić information content (AvgIpc) is 2.02. The van der Waals surface area contributed by atoms with Gasteiger partial charge in [-0.2, -0.15) is 0 Å². The third-order valence-electron chi connectivity index (χ3n) is 0.771. The molecule has 0 rings (SSSR count). The molecule has 3 heteroatoms. The summed E-state index contributed by atoms with van der Waals surface area (Å²) in [5.41, 5.74) is 0. The van der Waals surface area contributed by atoms with Crippen LogP contribution < -0.4 is 0 Å². The van der Waals surface area contributed by atoms with Crippen molar-refractivity contribution in [3.05, 3.63) is 0 Å². The van der Waals surface area contributed by atoms with Crippen molar-refractivity contribution >= 4 is 0 Å². The number of hydrogen-bond donors (Lipinski definition) is 0. The van der Waals surface area contributed by atoms with E-state index in [0.717, 1.165) is 13.0 Å². The van der Waals surface area contributed by atoms with E-state index in [1.54, 1.807) is 0 Å². The maximum absolute atomic E-state index is 11.3. The van der Waals surface area contributed by atoms with Crippen molar-refractivity contribution in [2.75, 3.05) is 27.1 Å². The van der Waals surface area contributed by atoms with Gasteiger partial charge in [-0.15, -0.1) is 0 Å². The van der Waals surface area contributed by atoms with E-state index in [-0.39, 0.29) is 36.4 Å². The van der Waals surface area contributed by atoms with Gasteiger partial charge in [-0.3, -0.25) is 8.78 Å². The van der Waals surface area contributed by atoms with Gasteiger partial charge in [0.05, 0.1) is 13.9 Å². The summed E-state index contributed by atoms with van der Waals surface area (Å²) in [5.74, 6) is 0. The Balaban J connectivity index is -0.0000000250. The zero-order chi connectivity index (χ0) is 8.24. The van der Waals surface area contributed by atoms with Crippen molar-refractivity contribution in [2.24, 2.45) is 0 Å². The number of hydrogen-bond acceptors (Lipinski definition) is 1. The molecule has 0 bridgehead atoms. The standard InChI is InChI=1S/C6H13FO.CH3F.4CH4/c1-2-5-8-6-3-4-7;1-2;;;;/h2-6H2,1H3;1H3;4*1H4. The van der Waals surface area contributed by atoms with Crippen LogP contribution in [0.2, 0.25) is 0 Å². The second kappa shape index (κ2) is 52.9. The highest BCUT2D eigenvalue weighted by Crippen LogP contribution is 1.84. The van der Waals surface area contributed by atoms with E-state index in [1.165, 1.54) is 0 Å². The van der Waals surface area contributed by atoms with Gasteiger partial charge in [0, 0.05) is 13.2 Å². The molecule has 96 valence electrons. The zero-order valence-corrected chi connectivity index (χ0v) is 6.70. The molecule has 0 fully saturated rings. The van der Waals surface area contributed by atoms with Crippen molar-refractivity contribution in [2.45, 2.75) is 49.5 Å². The van der Waals surface area contributed by atoms with Crippen LogP contribution in [-0.4, -0.2) is 27.1 Å². The first-order chi connectivity index (χ1) is 4.91. The van der Waals surface area contributed by atoms with Crippen molar-refractivity contribution in [1.82, 2.24) is 0 Å². The van der Waals surface area contributed by atoms with E-state index in [2.05, 4.69) is 0 Å². The maximum atomic E-state index is 11.3. The quantitative estimate of drug-likeness (QED) is 0.596. The first-order valence-electron chi connectivity index (χ1n) is 3.43. The van der Waals surface area contributed by atoms with E-state index in [9.17, 15) is 8.78 Å². The highest BCUT2D eigenvalue weighted by Gasteiger charge is 1.83. The fraction of sp³-hybridized carbons (Fsp3) is 1.00. The Morgan fingerprint density at radius 3 is 1.64 bits per heavy atom. The van der Waals surface area contributed by atoms with Crippen LogP contribution in [0.4, 0.5) is 8.78 Å². The van der Waals surface area contributed by atoms with Gasteiger partial charge in [-0.25, -0.2) is 0 Å². The topological polar surface area (TPSA) is 9.23 Å². The molecule has 0 aromatic rings. The van der Waals surface area contributed by atoms with Crippen LogP contribution in [0.5, 0.6) is 0 Å². The summed E-state index contributed by atoms with van der Waals surface area (Å²) in [7, 11) is 0.500. The molecule has 0 saturated heterocycles. The minimum absolute atomic E-state index is 0. The predicted octanol–water partition coefficient (Wildman–Crippen LogP) is 4.90. The van der Waals surface area contributed by atoms with E-state index in [1.807, 2.05) is 6.92 Å². The Morgan fingerprint density at radius 1 is 0.929 bits per heavy atom. The molecule has 0 aliphatic heterocycles. The lowest BCUT2D eigenvalue weighted by Gasteiger charge is -1.96. The van der Waals surface area contributed by atoms with E-state index in [4.69, 9.17) is 4.74 Å². The lowest BCUT2D eigenvalue weighted by molar-refractivity contribution is 0.127. The molecule has 0 aromatic heterocycles. The molecule has 0 aromatic carbocycles. The highest BCUT2D eigenvalue weighted by atomic mass is 19.1. The third kappa shape index (κ3) is 59.6. The normalized spacial score (nSPS) is 6.00. The largest absolute Gasteiger partial charge is 0.381 e. The molecule has 0 atom stereocenters. The highest BCUT2D eigenvalue weighted by molar-refractivity contribution is 4.30. The second-order valence-corrected chi connectivity index (χ2v) is 1.65. The van der Waals surface area contributed by atoms with Crippen LogP contribution in [0.1, 0.15) is 49.5 Å². The first-order valence-corrected chi connectivity index (χ1v) is 3.43. The fourth-order valence-electron chi connectivity index (χ4n) is 0.403. The minimum Gasteiger partial charge on any atom is -0.381 e. The van der Waals surface area contributed by atoms with Gasteiger partial charge in [0.2, 0.25) is 0 Å². The Bertz CT molecular complexity index is 38.3. The van der Waals surface area contributed by atoms with Gasteiger partial charge < -0.3 is 4.74 Å². The van der Waals surface area contributed by atoms with Gasteiger partial charge in [0.15, 0.2) is 0 Å². The molecule has 14 heavy (non-hydrogen) atoms. The van der Waals surface area contributed by atoms with Gasteiger partial charge in [0.1, 0.15) is 0 Å².